The zero-order valence-electron chi connectivity index (χ0n) is 16.8. The lowest BCUT2D eigenvalue weighted by molar-refractivity contribution is 0.0473. The number of nitrogens with zero attached hydrogens (tertiary/aromatic N) is 4. The van der Waals surface area contributed by atoms with Gasteiger partial charge in [-0.3, -0.25) is 5.32 Å². The Morgan fingerprint density at radius 3 is 2.62 bits per heavy atom. The van der Waals surface area contributed by atoms with Crippen LogP contribution in [0.1, 0.15) is 22.8 Å². The molecular formula is C21H17N5O6. The lowest BCUT2D eigenvalue weighted by Crippen LogP contribution is -2.13. The number of rotatable bonds is 6. The van der Waals surface area contributed by atoms with Crippen LogP contribution in [0.4, 0.5) is 10.5 Å². The number of fused-ring (bicyclic) bond motifs is 1. The number of aromatic nitrogens is 4. The maximum atomic E-state index is 12.4. The van der Waals surface area contributed by atoms with Gasteiger partial charge in [-0.2, -0.15) is 0 Å². The van der Waals surface area contributed by atoms with Crippen LogP contribution in [0.25, 0.3) is 16.7 Å². The van der Waals surface area contributed by atoms with Gasteiger partial charge >= 0.3 is 17.7 Å². The second-order valence-electron chi connectivity index (χ2n) is 6.52. The van der Waals surface area contributed by atoms with Crippen molar-refractivity contribution in [1.29, 1.82) is 0 Å². The summed E-state index contributed by atoms with van der Waals surface area (Å²) in [5, 5.41) is 14.0. The fraction of sp³-hybridized carbons (Fsp3) is 0.143. The van der Waals surface area contributed by atoms with Gasteiger partial charge in [0.15, 0.2) is 0 Å². The van der Waals surface area contributed by atoms with E-state index >= 15 is 0 Å². The number of carbonyl (C=O) groups excluding carboxylic acids is 2. The Labute approximate surface area is 180 Å². The molecule has 2 heterocycles. The van der Waals surface area contributed by atoms with Crippen molar-refractivity contribution in [2.75, 3.05) is 11.9 Å². The molecule has 0 spiro atoms. The van der Waals surface area contributed by atoms with E-state index in [4.69, 9.17) is 13.9 Å². The molecule has 1 N–H and O–H groups in total. The van der Waals surface area contributed by atoms with Crippen LogP contribution in [-0.4, -0.2) is 38.9 Å². The maximum absolute atomic E-state index is 12.4. The molecule has 0 saturated heterocycles. The molecule has 11 nitrogen and oxygen atoms in total. The predicted octanol–water partition coefficient (Wildman–Crippen LogP) is 2.69. The predicted molar refractivity (Wildman–Crippen MR) is 111 cm³/mol. The topological polar surface area (TPSA) is 138 Å². The third-order valence-corrected chi connectivity index (χ3v) is 4.43. The summed E-state index contributed by atoms with van der Waals surface area (Å²) in [7, 11) is 0. The van der Waals surface area contributed by atoms with Gasteiger partial charge in [0.1, 0.15) is 18.5 Å². The highest BCUT2D eigenvalue weighted by molar-refractivity contribution is 5.91. The fourth-order valence-electron chi connectivity index (χ4n) is 2.97. The molecule has 11 heteroatoms. The Bertz CT molecular complexity index is 1320. The van der Waals surface area contributed by atoms with Gasteiger partial charge in [-0.25, -0.2) is 19.1 Å². The van der Waals surface area contributed by atoms with E-state index in [1.807, 2.05) is 0 Å². The number of amides is 1. The highest BCUT2D eigenvalue weighted by Gasteiger charge is 2.12. The summed E-state index contributed by atoms with van der Waals surface area (Å²) in [6, 6.07) is 12.6. The van der Waals surface area contributed by atoms with E-state index in [0.717, 1.165) is 0 Å². The molecule has 0 fully saturated rings. The summed E-state index contributed by atoms with van der Waals surface area (Å²) in [6.45, 7) is 1.78. The van der Waals surface area contributed by atoms with Gasteiger partial charge in [0.25, 0.3) is 0 Å². The highest BCUT2D eigenvalue weighted by Crippen LogP contribution is 2.22. The molecule has 4 rings (SSSR count). The van der Waals surface area contributed by atoms with Gasteiger partial charge in [-0.15, -0.1) is 5.10 Å². The molecular weight excluding hydrogens is 418 g/mol. The molecule has 4 aromatic rings. The van der Waals surface area contributed by atoms with Gasteiger partial charge in [0.2, 0.25) is 0 Å². The first kappa shape index (κ1) is 20.7. The van der Waals surface area contributed by atoms with Crippen molar-refractivity contribution in [2.24, 2.45) is 0 Å². The zero-order chi connectivity index (χ0) is 22.5. The highest BCUT2D eigenvalue weighted by atomic mass is 16.5. The molecule has 0 bridgehead atoms. The number of anilines is 1. The van der Waals surface area contributed by atoms with Gasteiger partial charge in [0.05, 0.1) is 17.9 Å². The van der Waals surface area contributed by atoms with Crippen LogP contribution < -0.4 is 10.9 Å². The Hall–Kier alpha value is -4.54. The molecule has 2 aromatic heterocycles. The fourth-order valence-corrected chi connectivity index (χ4v) is 2.97. The molecule has 0 aliphatic heterocycles. The van der Waals surface area contributed by atoms with Crippen molar-refractivity contribution in [3.8, 4) is 5.69 Å². The van der Waals surface area contributed by atoms with Crippen LogP contribution >= 0.6 is 0 Å². The molecule has 32 heavy (non-hydrogen) atoms. The van der Waals surface area contributed by atoms with Crippen molar-refractivity contribution >= 4 is 28.7 Å². The maximum Gasteiger partial charge on any atom is 0.411 e. The molecule has 0 aliphatic carbocycles. The van der Waals surface area contributed by atoms with Crippen LogP contribution in [0.5, 0.6) is 0 Å². The first-order valence-electron chi connectivity index (χ1n) is 9.54. The molecule has 0 aliphatic rings. The Morgan fingerprint density at radius 1 is 1.09 bits per heavy atom. The van der Waals surface area contributed by atoms with Crippen LogP contribution in [0.2, 0.25) is 0 Å². The first-order chi connectivity index (χ1) is 15.5. The third kappa shape index (κ3) is 4.61. The number of esters is 1. The molecule has 0 atom stereocenters. The summed E-state index contributed by atoms with van der Waals surface area (Å²) >= 11 is 0. The van der Waals surface area contributed by atoms with Crippen LogP contribution in [0.3, 0.4) is 0 Å². The second-order valence-corrected chi connectivity index (χ2v) is 6.52. The standard InChI is InChI=1S/C21H17N5O6/c1-2-30-21(29)23-15-5-8-17-14(9-19(27)32-18(17)10-15)11-31-20(28)13-3-6-16(7-4-13)26-12-22-24-25-26/h3-10,12H,2,11H2,1H3,(H,23,29). The van der Waals surface area contributed by atoms with Gasteiger partial charge in [-0.1, -0.05) is 0 Å². The quantitative estimate of drug-likeness (QED) is 0.358. The van der Waals surface area contributed by atoms with Gasteiger partial charge in [-0.05, 0) is 53.7 Å². The SMILES string of the molecule is CCOC(=O)Nc1ccc2c(COC(=O)c3ccc(-n4cnnn4)cc3)cc(=O)oc2c1. The van der Waals surface area contributed by atoms with Crippen molar-refractivity contribution in [1.82, 2.24) is 20.2 Å². The zero-order valence-corrected chi connectivity index (χ0v) is 16.8. The number of hydrogen-bond acceptors (Lipinski definition) is 9. The smallest absolute Gasteiger partial charge is 0.411 e. The van der Waals surface area contributed by atoms with E-state index in [1.165, 1.54) is 23.1 Å². The Morgan fingerprint density at radius 2 is 1.91 bits per heavy atom. The van der Waals surface area contributed by atoms with Crippen LogP contribution in [0, 0.1) is 0 Å². The number of carbonyl (C=O) groups is 2. The van der Waals surface area contributed by atoms with Gasteiger partial charge in [0, 0.05) is 28.8 Å². The minimum Gasteiger partial charge on any atom is -0.457 e. The van der Waals surface area contributed by atoms with E-state index in [1.54, 1.807) is 43.3 Å². The van der Waals surface area contributed by atoms with E-state index in [-0.39, 0.29) is 18.8 Å². The van der Waals surface area contributed by atoms with E-state index in [9.17, 15) is 14.4 Å². The largest absolute Gasteiger partial charge is 0.457 e. The lowest BCUT2D eigenvalue weighted by atomic mass is 10.1. The summed E-state index contributed by atoms with van der Waals surface area (Å²) < 4.78 is 16.9. The molecule has 162 valence electrons. The molecule has 2 aromatic carbocycles. The average Bonchev–Trinajstić information content (AvgIpc) is 3.32. The summed E-state index contributed by atoms with van der Waals surface area (Å²) in [5.74, 6) is -0.560. The van der Waals surface area contributed by atoms with Crippen LogP contribution in [0.15, 0.2) is 64.1 Å². The summed E-state index contributed by atoms with van der Waals surface area (Å²) in [6.07, 6.45) is 0.818. The lowest BCUT2D eigenvalue weighted by Gasteiger charge is -2.09. The monoisotopic (exact) mass is 435 g/mol. The summed E-state index contributed by atoms with van der Waals surface area (Å²) in [4.78, 5) is 36.0. The van der Waals surface area contributed by atoms with Crippen molar-refractivity contribution in [3.05, 3.63) is 76.4 Å². The normalized spacial score (nSPS) is 10.7. The number of ether oxygens (including phenoxy) is 2. The average molecular weight is 435 g/mol. The Balaban J connectivity index is 1.49. The number of nitrogens with one attached hydrogen (secondary N) is 1. The minimum absolute atomic E-state index is 0.139. The second kappa shape index (κ2) is 9.08. The van der Waals surface area contributed by atoms with Gasteiger partial charge < -0.3 is 13.9 Å². The number of tetrazole rings is 1. The molecule has 0 radical (unpaired) electrons. The summed E-state index contributed by atoms with van der Waals surface area (Å²) in [5.41, 5.74) is 1.51. The van der Waals surface area contributed by atoms with E-state index in [0.29, 0.717) is 27.9 Å². The number of benzene rings is 2. The third-order valence-electron chi connectivity index (χ3n) is 4.43. The van der Waals surface area contributed by atoms with Crippen molar-refractivity contribution < 1.29 is 23.5 Å². The Kier molecular flexibility index (Phi) is 5.88. The minimum atomic E-state index is -0.620. The molecule has 1 amide bonds. The van der Waals surface area contributed by atoms with E-state index in [2.05, 4.69) is 20.8 Å². The number of hydrogen-bond donors (Lipinski definition) is 1. The van der Waals surface area contributed by atoms with Crippen LogP contribution in [-0.2, 0) is 16.1 Å². The van der Waals surface area contributed by atoms with Crippen molar-refractivity contribution in [3.63, 3.8) is 0 Å². The molecule has 0 saturated carbocycles. The first-order valence-corrected chi connectivity index (χ1v) is 9.54. The molecule has 0 unspecified atom stereocenters. The van der Waals surface area contributed by atoms with Crippen molar-refractivity contribution in [2.45, 2.75) is 13.5 Å². The van der Waals surface area contributed by atoms with E-state index < -0.39 is 17.7 Å².